The van der Waals surface area contributed by atoms with Crippen LogP contribution in [0.2, 0.25) is 0 Å². The zero-order chi connectivity index (χ0) is 10.9. The minimum atomic E-state index is -2.42. The van der Waals surface area contributed by atoms with Gasteiger partial charge in [0.1, 0.15) is 0 Å². The van der Waals surface area contributed by atoms with Crippen LogP contribution < -0.4 is 5.73 Å². The molecule has 1 aliphatic heterocycles. The Kier molecular flexibility index (Phi) is 3.26. The van der Waals surface area contributed by atoms with Crippen LogP contribution in [0.3, 0.4) is 0 Å². The van der Waals surface area contributed by atoms with Crippen molar-refractivity contribution in [3.8, 4) is 0 Å². The maximum Gasteiger partial charge on any atom is 0.250 e. The highest BCUT2D eigenvalue weighted by molar-refractivity contribution is 4.86. The lowest BCUT2D eigenvalue weighted by molar-refractivity contribution is -0.0660. The molecular weight excluding hydrogens is 198 g/mol. The Balaban J connectivity index is 1.84. The van der Waals surface area contributed by atoms with Crippen LogP contribution in [-0.4, -0.2) is 36.0 Å². The van der Waals surface area contributed by atoms with Crippen LogP contribution in [-0.2, 0) is 0 Å². The molecule has 2 rings (SSSR count). The Bertz CT molecular complexity index is 211. The molecule has 0 aromatic carbocycles. The zero-order valence-corrected chi connectivity index (χ0v) is 9.09. The second kappa shape index (κ2) is 4.34. The summed E-state index contributed by atoms with van der Waals surface area (Å²) >= 11 is 0. The average molecular weight is 218 g/mol. The number of rotatable bonds is 1. The molecule has 2 atom stereocenters. The van der Waals surface area contributed by atoms with Gasteiger partial charge in [0.25, 0.3) is 5.92 Å². The normalized spacial score (nSPS) is 37.8. The maximum atomic E-state index is 13.0. The first-order valence-corrected chi connectivity index (χ1v) is 5.94. The maximum absolute atomic E-state index is 13.0. The molecule has 0 unspecified atom stereocenters. The third kappa shape index (κ3) is 2.88. The van der Waals surface area contributed by atoms with Crippen LogP contribution in [0.25, 0.3) is 0 Å². The topological polar surface area (TPSA) is 29.3 Å². The molecule has 88 valence electrons. The molecule has 2 N–H and O–H groups in total. The van der Waals surface area contributed by atoms with E-state index >= 15 is 0 Å². The number of hydrogen-bond donors (Lipinski definition) is 1. The minimum Gasteiger partial charge on any atom is -0.328 e. The number of halogens is 2. The van der Waals surface area contributed by atoms with E-state index in [9.17, 15) is 8.78 Å². The van der Waals surface area contributed by atoms with Crippen molar-refractivity contribution in [1.82, 2.24) is 4.90 Å². The Morgan fingerprint density at radius 2 is 1.80 bits per heavy atom. The van der Waals surface area contributed by atoms with Crippen molar-refractivity contribution in [3.05, 3.63) is 0 Å². The summed E-state index contributed by atoms with van der Waals surface area (Å²) in [5.41, 5.74) is 5.91. The van der Waals surface area contributed by atoms with Crippen molar-refractivity contribution in [2.45, 2.75) is 56.5 Å². The third-order valence-electron chi connectivity index (χ3n) is 3.73. The fourth-order valence-corrected chi connectivity index (χ4v) is 2.75. The van der Waals surface area contributed by atoms with Gasteiger partial charge < -0.3 is 5.73 Å². The Labute approximate surface area is 89.8 Å². The van der Waals surface area contributed by atoms with Gasteiger partial charge in [-0.1, -0.05) is 6.42 Å². The summed E-state index contributed by atoms with van der Waals surface area (Å²) < 4.78 is 25.9. The van der Waals surface area contributed by atoms with E-state index in [0.717, 1.165) is 25.7 Å². The number of nitrogens with zero attached hydrogens (tertiary/aromatic N) is 1. The number of nitrogens with two attached hydrogens (primary N) is 1. The summed E-state index contributed by atoms with van der Waals surface area (Å²) in [5.74, 6) is -2.42. The van der Waals surface area contributed by atoms with E-state index in [-0.39, 0.29) is 18.9 Å². The SMILES string of the molecule is N[C@H]1CCC[C@@H](N2CCC(F)(F)CC2)C1. The highest BCUT2D eigenvalue weighted by Crippen LogP contribution is 2.31. The number of hydrogen-bond acceptors (Lipinski definition) is 2. The monoisotopic (exact) mass is 218 g/mol. The summed E-state index contributed by atoms with van der Waals surface area (Å²) in [7, 11) is 0. The summed E-state index contributed by atoms with van der Waals surface area (Å²) in [6.07, 6.45) is 4.43. The van der Waals surface area contributed by atoms with E-state index in [0.29, 0.717) is 19.1 Å². The summed E-state index contributed by atoms with van der Waals surface area (Å²) in [5, 5.41) is 0. The molecule has 2 fully saturated rings. The van der Waals surface area contributed by atoms with Gasteiger partial charge >= 0.3 is 0 Å². The van der Waals surface area contributed by atoms with Gasteiger partial charge in [-0.25, -0.2) is 8.78 Å². The molecule has 0 spiro atoms. The standard InChI is InChI=1S/C11H20F2N2/c12-11(13)4-6-15(7-5-11)10-3-1-2-9(14)8-10/h9-10H,1-8,14H2/t9-,10+/m0/s1. The van der Waals surface area contributed by atoms with Crippen molar-refractivity contribution < 1.29 is 8.78 Å². The lowest BCUT2D eigenvalue weighted by Crippen LogP contribution is -2.48. The minimum absolute atomic E-state index is 0.0265. The van der Waals surface area contributed by atoms with Gasteiger partial charge in [-0.15, -0.1) is 0 Å². The van der Waals surface area contributed by atoms with E-state index in [1.54, 1.807) is 0 Å². The van der Waals surface area contributed by atoms with Crippen LogP contribution >= 0.6 is 0 Å². The second-order valence-corrected chi connectivity index (χ2v) is 4.97. The summed E-state index contributed by atoms with van der Waals surface area (Å²) in [6.45, 7) is 1.09. The van der Waals surface area contributed by atoms with E-state index in [2.05, 4.69) is 4.90 Å². The fourth-order valence-electron chi connectivity index (χ4n) is 2.75. The number of piperidine rings is 1. The molecule has 1 heterocycles. The first-order valence-electron chi connectivity index (χ1n) is 5.94. The molecule has 1 saturated carbocycles. The van der Waals surface area contributed by atoms with Gasteiger partial charge in [-0.3, -0.25) is 4.90 Å². The highest BCUT2D eigenvalue weighted by atomic mass is 19.3. The van der Waals surface area contributed by atoms with Gasteiger partial charge in [0.05, 0.1) is 0 Å². The van der Waals surface area contributed by atoms with Crippen LogP contribution in [0.5, 0.6) is 0 Å². The molecule has 1 saturated heterocycles. The molecule has 2 aliphatic rings. The molecule has 0 aromatic rings. The Morgan fingerprint density at radius 3 is 2.40 bits per heavy atom. The Morgan fingerprint density at radius 1 is 1.13 bits per heavy atom. The second-order valence-electron chi connectivity index (χ2n) is 4.97. The predicted molar refractivity (Wildman–Crippen MR) is 56.0 cm³/mol. The molecule has 2 nitrogen and oxygen atoms in total. The summed E-state index contributed by atoms with van der Waals surface area (Å²) in [6, 6.07) is 0.746. The molecular formula is C11H20F2N2. The first kappa shape index (κ1) is 11.3. The van der Waals surface area contributed by atoms with Crippen molar-refractivity contribution in [2.24, 2.45) is 5.73 Å². The summed E-state index contributed by atoms with van der Waals surface area (Å²) in [4.78, 5) is 2.22. The predicted octanol–water partition coefficient (Wildman–Crippen LogP) is 1.99. The molecule has 1 aliphatic carbocycles. The van der Waals surface area contributed by atoms with Gasteiger partial charge in [-0.05, 0) is 19.3 Å². The van der Waals surface area contributed by atoms with Crippen molar-refractivity contribution in [2.75, 3.05) is 13.1 Å². The molecule has 0 amide bonds. The Hall–Kier alpha value is -0.220. The van der Waals surface area contributed by atoms with Gasteiger partial charge in [0.2, 0.25) is 0 Å². The highest BCUT2D eigenvalue weighted by Gasteiger charge is 2.36. The zero-order valence-electron chi connectivity index (χ0n) is 9.09. The average Bonchev–Trinajstić information content (AvgIpc) is 2.17. The fraction of sp³-hybridized carbons (Fsp3) is 1.00. The quantitative estimate of drug-likeness (QED) is 0.729. The van der Waals surface area contributed by atoms with Crippen LogP contribution in [0.15, 0.2) is 0 Å². The molecule has 0 aromatic heterocycles. The molecule has 4 heteroatoms. The number of likely N-dealkylation sites (tertiary alicyclic amines) is 1. The molecule has 0 bridgehead atoms. The van der Waals surface area contributed by atoms with E-state index in [1.165, 1.54) is 0 Å². The van der Waals surface area contributed by atoms with Crippen molar-refractivity contribution in [1.29, 1.82) is 0 Å². The van der Waals surface area contributed by atoms with Crippen LogP contribution in [0.1, 0.15) is 38.5 Å². The van der Waals surface area contributed by atoms with Crippen LogP contribution in [0, 0.1) is 0 Å². The van der Waals surface area contributed by atoms with Gasteiger partial charge in [0.15, 0.2) is 0 Å². The van der Waals surface area contributed by atoms with E-state index < -0.39 is 5.92 Å². The number of alkyl halides is 2. The van der Waals surface area contributed by atoms with Crippen molar-refractivity contribution >= 4 is 0 Å². The van der Waals surface area contributed by atoms with Crippen LogP contribution in [0.4, 0.5) is 8.78 Å². The smallest absolute Gasteiger partial charge is 0.250 e. The molecule has 15 heavy (non-hydrogen) atoms. The van der Waals surface area contributed by atoms with Gasteiger partial charge in [0, 0.05) is 38.0 Å². The van der Waals surface area contributed by atoms with Crippen molar-refractivity contribution in [3.63, 3.8) is 0 Å². The third-order valence-corrected chi connectivity index (χ3v) is 3.73. The first-order chi connectivity index (χ1) is 7.07. The van der Waals surface area contributed by atoms with E-state index in [1.807, 2.05) is 0 Å². The lowest BCUT2D eigenvalue weighted by atomic mass is 9.89. The van der Waals surface area contributed by atoms with Gasteiger partial charge in [-0.2, -0.15) is 0 Å². The molecule has 0 radical (unpaired) electrons. The van der Waals surface area contributed by atoms with E-state index in [4.69, 9.17) is 5.73 Å². The lowest BCUT2D eigenvalue weighted by Gasteiger charge is -2.40. The largest absolute Gasteiger partial charge is 0.328 e.